The summed E-state index contributed by atoms with van der Waals surface area (Å²) in [6.07, 6.45) is 0.0575. The van der Waals surface area contributed by atoms with Gasteiger partial charge in [0.15, 0.2) is 5.82 Å². The van der Waals surface area contributed by atoms with Crippen LogP contribution >= 0.6 is 11.6 Å². The Morgan fingerprint density at radius 2 is 1.91 bits per heavy atom. The average molecular weight is 495 g/mol. The topological polar surface area (TPSA) is 77.2 Å². The minimum absolute atomic E-state index is 0.0399. The molecule has 4 fully saturated rings. The summed E-state index contributed by atoms with van der Waals surface area (Å²) in [7, 11) is 0. The molecule has 2 saturated heterocycles. The molecule has 11 heteroatoms. The third kappa shape index (κ3) is 4.04. The van der Waals surface area contributed by atoms with Crippen molar-refractivity contribution < 1.29 is 18.0 Å². The number of rotatable bonds is 5. The first-order valence-corrected chi connectivity index (χ1v) is 12.1. The van der Waals surface area contributed by atoms with Crippen LogP contribution in [0.15, 0.2) is 18.2 Å². The number of amides is 2. The average Bonchev–Trinajstić information content (AvgIpc) is 3.43. The van der Waals surface area contributed by atoms with Crippen LogP contribution in [0.3, 0.4) is 0 Å². The van der Waals surface area contributed by atoms with Crippen LogP contribution in [-0.4, -0.2) is 63.2 Å². The molecule has 2 aromatic rings. The van der Waals surface area contributed by atoms with Crippen LogP contribution in [0.1, 0.15) is 60.3 Å². The van der Waals surface area contributed by atoms with E-state index < -0.39 is 11.7 Å². The SMILES string of the molecule is O=C(N1CC(NCc2cc(C(F)(F)F)ccc2Cl)C1)N1CC2(CC(c3n[nH]c(C4CC4)n3)C2)C1. The number of benzene rings is 1. The first-order valence-electron chi connectivity index (χ1n) is 11.7. The Morgan fingerprint density at radius 1 is 1.18 bits per heavy atom. The molecule has 1 spiro atoms. The number of hydrogen-bond donors (Lipinski definition) is 2. The van der Waals surface area contributed by atoms with Gasteiger partial charge in [0.05, 0.1) is 5.56 Å². The van der Waals surface area contributed by atoms with Gasteiger partial charge in [-0.2, -0.15) is 18.3 Å². The number of H-pyrrole nitrogens is 1. The predicted octanol–water partition coefficient (Wildman–Crippen LogP) is 4.13. The summed E-state index contributed by atoms with van der Waals surface area (Å²) in [4.78, 5) is 21.1. The second kappa shape index (κ2) is 7.84. The van der Waals surface area contributed by atoms with Crippen molar-refractivity contribution in [3.05, 3.63) is 46.0 Å². The van der Waals surface area contributed by atoms with Gasteiger partial charge in [0.1, 0.15) is 5.82 Å². The minimum atomic E-state index is -4.40. The summed E-state index contributed by atoms with van der Waals surface area (Å²) in [5, 5.41) is 11.0. The number of carbonyl (C=O) groups excluding carboxylic acids is 1. The van der Waals surface area contributed by atoms with Gasteiger partial charge in [0, 0.05) is 61.0 Å². The van der Waals surface area contributed by atoms with Crippen LogP contribution in [0.25, 0.3) is 0 Å². The lowest BCUT2D eigenvalue weighted by Gasteiger charge is -2.59. The molecule has 3 heterocycles. The highest BCUT2D eigenvalue weighted by molar-refractivity contribution is 6.31. The summed E-state index contributed by atoms with van der Waals surface area (Å²) >= 11 is 6.06. The number of halogens is 4. The normalized spacial score (nSPS) is 22.5. The van der Waals surface area contributed by atoms with E-state index in [4.69, 9.17) is 11.6 Å². The zero-order valence-corrected chi connectivity index (χ0v) is 19.3. The number of carbonyl (C=O) groups is 1. The molecule has 2 aliphatic heterocycles. The maximum Gasteiger partial charge on any atom is 0.416 e. The highest BCUT2D eigenvalue weighted by atomic mass is 35.5. The van der Waals surface area contributed by atoms with Crippen molar-refractivity contribution in [1.82, 2.24) is 30.3 Å². The van der Waals surface area contributed by atoms with Crippen LogP contribution in [-0.2, 0) is 12.7 Å². The number of nitrogens with zero attached hydrogens (tertiary/aromatic N) is 4. The first kappa shape index (κ1) is 22.2. The fourth-order valence-electron chi connectivity index (χ4n) is 5.44. The van der Waals surface area contributed by atoms with Gasteiger partial charge in [0.2, 0.25) is 0 Å². The van der Waals surface area contributed by atoms with Gasteiger partial charge in [-0.25, -0.2) is 9.78 Å². The third-order valence-electron chi connectivity index (χ3n) is 7.64. The van der Waals surface area contributed by atoms with Gasteiger partial charge in [-0.1, -0.05) is 11.6 Å². The van der Waals surface area contributed by atoms with Crippen molar-refractivity contribution in [2.24, 2.45) is 5.41 Å². The molecular weight excluding hydrogens is 469 g/mol. The first-order chi connectivity index (χ1) is 16.2. The number of hydrogen-bond acceptors (Lipinski definition) is 4. The van der Waals surface area contributed by atoms with E-state index in [1.165, 1.54) is 18.9 Å². The lowest BCUT2D eigenvalue weighted by molar-refractivity contribution is -0.137. The molecule has 6 rings (SSSR count). The fraction of sp³-hybridized carbons (Fsp3) is 0.609. The largest absolute Gasteiger partial charge is 0.416 e. The van der Waals surface area contributed by atoms with Crippen LogP contribution in [0, 0.1) is 5.41 Å². The Bertz CT molecular complexity index is 1100. The highest BCUT2D eigenvalue weighted by Gasteiger charge is 2.56. The molecule has 7 nitrogen and oxygen atoms in total. The van der Waals surface area contributed by atoms with Gasteiger partial charge in [-0.15, -0.1) is 0 Å². The third-order valence-corrected chi connectivity index (χ3v) is 8.01. The monoisotopic (exact) mass is 494 g/mol. The van der Waals surface area contributed by atoms with Gasteiger partial charge >= 0.3 is 12.2 Å². The Balaban J connectivity index is 0.934. The Hall–Kier alpha value is -2.33. The Morgan fingerprint density at radius 3 is 2.59 bits per heavy atom. The van der Waals surface area contributed by atoms with Crippen molar-refractivity contribution in [3.8, 4) is 0 Å². The Kier molecular flexibility index (Phi) is 5.11. The van der Waals surface area contributed by atoms with Gasteiger partial charge in [-0.05, 0) is 49.4 Å². The molecule has 2 amide bonds. The number of likely N-dealkylation sites (tertiary alicyclic amines) is 2. The number of nitrogens with one attached hydrogen (secondary N) is 2. The van der Waals surface area contributed by atoms with Crippen LogP contribution in [0.4, 0.5) is 18.0 Å². The van der Waals surface area contributed by atoms with Crippen molar-refractivity contribution in [2.45, 2.75) is 56.3 Å². The van der Waals surface area contributed by atoms with Gasteiger partial charge in [-0.3, -0.25) is 5.10 Å². The Labute approximate surface area is 200 Å². The van der Waals surface area contributed by atoms with Crippen LogP contribution in [0.5, 0.6) is 0 Å². The highest BCUT2D eigenvalue weighted by Crippen LogP contribution is 2.55. The van der Waals surface area contributed by atoms with E-state index in [2.05, 4.69) is 20.5 Å². The van der Waals surface area contributed by atoms with Gasteiger partial charge < -0.3 is 15.1 Å². The van der Waals surface area contributed by atoms with E-state index in [0.29, 0.717) is 35.5 Å². The molecule has 0 radical (unpaired) electrons. The van der Waals surface area contributed by atoms with E-state index >= 15 is 0 Å². The molecule has 1 aromatic carbocycles. The summed E-state index contributed by atoms with van der Waals surface area (Å²) < 4.78 is 38.8. The quantitative estimate of drug-likeness (QED) is 0.655. The van der Waals surface area contributed by atoms with Crippen molar-refractivity contribution in [1.29, 1.82) is 0 Å². The number of alkyl halides is 3. The van der Waals surface area contributed by atoms with E-state index in [1.807, 2.05) is 4.90 Å². The van der Waals surface area contributed by atoms with Crippen LogP contribution in [0.2, 0.25) is 5.02 Å². The van der Waals surface area contributed by atoms with Crippen molar-refractivity contribution >= 4 is 17.6 Å². The number of aromatic nitrogens is 3. The maximum absolute atomic E-state index is 12.9. The molecule has 4 aliphatic rings. The molecule has 34 heavy (non-hydrogen) atoms. The van der Waals surface area contributed by atoms with Crippen LogP contribution < -0.4 is 5.32 Å². The molecule has 1 aromatic heterocycles. The summed E-state index contributed by atoms with van der Waals surface area (Å²) in [6, 6.07) is 3.42. The van der Waals surface area contributed by atoms with E-state index in [9.17, 15) is 18.0 Å². The minimum Gasteiger partial charge on any atom is -0.323 e. The maximum atomic E-state index is 12.9. The molecule has 0 atom stereocenters. The predicted molar refractivity (Wildman–Crippen MR) is 118 cm³/mol. The molecule has 2 N–H and O–H groups in total. The molecule has 0 unspecified atom stereocenters. The molecule has 2 saturated carbocycles. The second-order valence-electron chi connectivity index (χ2n) is 10.4. The van der Waals surface area contributed by atoms with E-state index in [0.717, 1.165) is 49.7 Å². The molecule has 182 valence electrons. The van der Waals surface area contributed by atoms with Crippen molar-refractivity contribution in [2.75, 3.05) is 26.2 Å². The summed E-state index contributed by atoms with van der Waals surface area (Å²) in [5.41, 5.74) is -0.0969. The lowest BCUT2D eigenvalue weighted by Crippen LogP contribution is -2.69. The zero-order valence-electron chi connectivity index (χ0n) is 18.5. The smallest absolute Gasteiger partial charge is 0.323 e. The number of aromatic amines is 1. The lowest BCUT2D eigenvalue weighted by atomic mass is 9.57. The van der Waals surface area contributed by atoms with E-state index in [-0.39, 0.29) is 24.0 Å². The standard InChI is InChI=1S/C23H26ClF3N6O/c24-18-4-3-16(23(25,26)27)5-14(18)8-28-17-9-32(10-17)21(34)33-11-22(12-33)6-15(7-22)20-29-19(30-31-20)13-1-2-13/h3-5,13,15,17,28H,1-2,6-12H2,(H,29,30,31). The van der Waals surface area contributed by atoms with Gasteiger partial charge in [0.25, 0.3) is 0 Å². The molecule has 2 aliphatic carbocycles. The molecule has 0 bridgehead atoms. The number of urea groups is 1. The fourth-order valence-corrected chi connectivity index (χ4v) is 5.62. The van der Waals surface area contributed by atoms with Crippen molar-refractivity contribution in [3.63, 3.8) is 0 Å². The zero-order chi connectivity index (χ0) is 23.7. The summed E-state index contributed by atoms with van der Waals surface area (Å²) in [5.74, 6) is 2.91. The van der Waals surface area contributed by atoms with E-state index in [1.54, 1.807) is 4.90 Å². The summed E-state index contributed by atoms with van der Waals surface area (Å²) in [6.45, 7) is 2.87. The molecular formula is C23H26ClF3N6O. The second-order valence-corrected chi connectivity index (χ2v) is 10.8.